The van der Waals surface area contributed by atoms with E-state index in [1.54, 1.807) is 7.05 Å². The van der Waals surface area contributed by atoms with Crippen molar-refractivity contribution in [3.63, 3.8) is 0 Å². The van der Waals surface area contributed by atoms with Crippen LogP contribution in [0.15, 0.2) is 29.3 Å². The lowest BCUT2D eigenvalue weighted by molar-refractivity contribution is 0.281. The Labute approximate surface area is 134 Å². The Morgan fingerprint density at radius 3 is 2.45 bits per heavy atom. The van der Waals surface area contributed by atoms with Gasteiger partial charge in [0.05, 0.1) is 6.61 Å². The molecule has 0 saturated carbocycles. The topological polar surface area (TPSA) is 48.9 Å². The Bertz CT molecular complexity index is 440. The van der Waals surface area contributed by atoms with Crippen LogP contribution in [0.1, 0.15) is 25.8 Å². The Hall–Kier alpha value is -1.75. The predicted octanol–water partition coefficient (Wildman–Crippen LogP) is 2.09. The highest BCUT2D eigenvalue weighted by Gasteiger charge is 2.01. The Morgan fingerprint density at radius 2 is 1.91 bits per heavy atom. The van der Waals surface area contributed by atoms with Crippen molar-refractivity contribution in [2.75, 3.05) is 34.3 Å². The maximum Gasteiger partial charge on any atom is 0.191 e. The lowest BCUT2D eigenvalue weighted by Gasteiger charge is -2.14. The van der Waals surface area contributed by atoms with Crippen LogP contribution in [0.2, 0.25) is 0 Å². The van der Waals surface area contributed by atoms with Crippen molar-refractivity contribution in [2.45, 2.75) is 32.9 Å². The first-order chi connectivity index (χ1) is 10.5. The third kappa shape index (κ3) is 7.88. The SMILES string of the molecule is CN=C(NCc1ccc(OCCCN(C)C)cc1)NC(C)C. The molecule has 5 nitrogen and oxygen atoms in total. The fourth-order valence-electron chi connectivity index (χ4n) is 1.93. The zero-order valence-corrected chi connectivity index (χ0v) is 14.5. The van der Waals surface area contributed by atoms with Crippen molar-refractivity contribution in [3.8, 4) is 5.75 Å². The number of ether oxygens (including phenoxy) is 1. The molecule has 0 unspecified atom stereocenters. The van der Waals surface area contributed by atoms with Crippen LogP contribution in [0.3, 0.4) is 0 Å². The monoisotopic (exact) mass is 306 g/mol. The summed E-state index contributed by atoms with van der Waals surface area (Å²) in [5.41, 5.74) is 1.20. The Kier molecular flexibility index (Phi) is 8.36. The molecule has 0 aliphatic carbocycles. The molecule has 124 valence electrons. The number of hydrogen-bond donors (Lipinski definition) is 2. The molecular weight excluding hydrogens is 276 g/mol. The van der Waals surface area contributed by atoms with E-state index < -0.39 is 0 Å². The maximum atomic E-state index is 5.73. The molecule has 22 heavy (non-hydrogen) atoms. The smallest absolute Gasteiger partial charge is 0.191 e. The molecule has 0 heterocycles. The third-order valence-electron chi connectivity index (χ3n) is 3.05. The molecule has 0 aromatic heterocycles. The standard InChI is InChI=1S/C17H30N4O/c1-14(2)20-17(18-3)19-13-15-7-9-16(10-8-15)22-12-6-11-21(4)5/h7-10,14H,6,11-13H2,1-5H3,(H2,18,19,20). The highest BCUT2D eigenvalue weighted by atomic mass is 16.5. The van der Waals surface area contributed by atoms with Crippen LogP contribution < -0.4 is 15.4 Å². The average Bonchev–Trinajstić information content (AvgIpc) is 2.48. The van der Waals surface area contributed by atoms with E-state index in [0.717, 1.165) is 37.8 Å². The van der Waals surface area contributed by atoms with E-state index in [2.05, 4.69) is 60.6 Å². The van der Waals surface area contributed by atoms with Crippen LogP contribution in [-0.2, 0) is 6.54 Å². The number of nitrogens with zero attached hydrogens (tertiary/aromatic N) is 2. The maximum absolute atomic E-state index is 5.73. The summed E-state index contributed by atoms with van der Waals surface area (Å²) in [6.45, 7) is 6.72. The van der Waals surface area contributed by atoms with Gasteiger partial charge in [0.1, 0.15) is 5.75 Å². The van der Waals surface area contributed by atoms with Gasteiger partial charge in [-0.1, -0.05) is 12.1 Å². The number of hydrogen-bond acceptors (Lipinski definition) is 3. The summed E-state index contributed by atoms with van der Waals surface area (Å²) >= 11 is 0. The van der Waals surface area contributed by atoms with E-state index in [4.69, 9.17) is 4.74 Å². The van der Waals surface area contributed by atoms with Crippen molar-refractivity contribution in [2.24, 2.45) is 4.99 Å². The second-order valence-electron chi connectivity index (χ2n) is 5.87. The molecule has 0 radical (unpaired) electrons. The highest BCUT2D eigenvalue weighted by molar-refractivity contribution is 5.79. The average molecular weight is 306 g/mol. The van der Waals surface area contributed by atoms with Crippen molar-refractivity contribution < 1.29 is 4.74 Å². The van der Waals surface area contributed by atoms with Gasteiger partial charge >= 0.3 is 0 Å². The van der Waals surface area contributed by atoms with E-state index >= 15 is 0 Å². The van der Waals surface area contributed by atoms with Crippen molar-refractivity contribution >= 4 is 5.96 Å². The summed E-state index contributed by atoms with van der Waals surface area (Å²) in [5.74, 6) is 1.74. The molecule has 0 fully saturated rings. The number of nitrogens with one attached hydrogen (secondary N) is 2. The van der Waals surface area contributed by atoms with Crippen LogP contribution in [0.4, 0.5) is 0 Å². The van der Waals surface area contributed by atoms with Crippen molar-refractivity contribution in [1.82, 2.24) is 15.5 Å². The molecule has 0 atom stereocenters. The molecule has 1 aromatic carbocycles. The van der Waals surface area contributed by atoms with Crippen LogP contribution in [-0.4, -0.2) is 51.2 Å². The van der Waals surface area contributed by atoms with Crippen LogP contribution >= 0.6 is 0 Å². The van der Waals surface area contributed by atoms with Crippen molar-refractivity contribution in [1.29, 1.82) is 0 Å². The van der Waals surface area contributed by atoms with Crippen LogP contribution in [0.5, 0.6) is 5.75 Å². The quantitative estimate of drug-likeness (QED) is 0.439. The Balaban J connectivity index is 2.35. The van der Waals surface area contributed by atoms with Gasteiger partial charge in [0, 0.05) is 26.2 Å². The molecule has 0 spiro atoms. The molecule has 5 heteroatoms. The molecule has 0 amide bonds. The van der Waals surface area contributed by atoms with E-state index in [9.17, 15) is 0 Å². The molecule has 1 rings (SSSR count). The van der Waals surface area contributed by atoms with E-state index in [0.29, 0.717) is 6.04 Å². The van der Waals surface area contributed by atoms with E-state index in [1.165, 1.54) is 5.56 Å². The van der Waals surface area contributed by atoms with Gasteiger partial charge in [-0.05, 0) is 52.1 Å². The summed E-state index contributed by atoms with van der Waals surface area (Å²) in [7, 11) is 5.93. The second-order valence-corrected chi connectivity index (χ2v) is 5.87. The third-order valence-corrected chi connectivity index (χ3v) is 3.05. The molecular formula is C17H30N4O. The van der Waals surface area contributed by atoms with Gasteiger partial charge in [-0.2, -0.15) is 0 Å². The first-order valence-electron chi connectivity index (χ1n) is 7.85. The van der Waals surface area contributed by atoms with E-state index in [-0.39, 0.29) is 0 Å². The molecule has 1 aromatic rings. The minimum atomic E-state index is 0.365. The van der Waals surface area contributed by atoms with Crippen molar-refractivity contribution in [3.05, 3.63) is 29.8 Å². The summed E-state index contributed by atoms with van der Waals surface area (Å²) in [6.07, 6.45) is 1.04. The molecule has 0 aliphatic rings. The summed E-state index contributed by atoms with van der Waals surface area (Å²) < 4.78 is 5.73. The van der Waals surface area contributed by atoms with Gasteiger partial charge in [0.2, 0.25) is 0 Å². The number of guanidine groups is 1. The van der Waals surface area contributed by atoms with Gasteiger partial charge in [0.15, 0.2) is 5.96 Å². The number of benzene rings is 1. The largest absolute Gasteiger partial charge is 0.494 e. The molecule has 0 bridgehead atoms. The zero-order chi connectivity index (χ0) is 16.4. The molecule has 2 N–H and O–H groups in total. The van der Waals surface area contributed by atoms with Gasteiger partial charge < -0.3 is 20.3 Å². The molecule has 0 aliphatic heterocycles. The second kappa shape index (κ2) is 10.1. The molecule has 0 saturated heterocycles. The van der Waals surface area contributed by atoms with Crippen LogP contribution in [0.25, 0.3) is 0 Å². The van der Waals surface area contributed by atoms with Gasteiger partial charge in [0.25, 0.3) is 0 Å². The first kappa shape index (κ1) is 18.3. The normalized spacial score (nSPS) is 11.9. The fraction of sp³-hybridized carbons (Fsp3) is 0.588. The van der Waals surface area contributed by atoms with Gasteiger partial charge in [-0.3, -0.25) is 4.99 Å². The summed E-state index contributed by atoms with van der Waals surface area (Å²) in [5, 5.41) is 6.56. The summed E-state index contributed by atoms with van der Waals surface area (Å²) in [4.78, 5) is 6.35. The van der Waals surface area contributed by atoms with Gasteiger partial charge in [-0.25, -0.2) is 0 Å². The van der Waals surface area contributed by atoms with E-state index in [1.807, 2.05) is 12.1 Å². The first-order valence-corrected chi connectivity index (χ1v) is 7.85. The van der Waals surface area contributed by atoms with Crippen LogP contribution in [0, 0.1) is 0 Å². The highest BCUT2D eigenvalue weighted by Crippen LogP contribution is 2.12. The fourth-order valence-corrected chi connectivity index (χ4v) is 1.93. The predicted molar refractivity (Wildman–Crippen MR) is 93.6 cm³/mol. The Morgan fingerprint density at radius 1 is 1.23 bits per heavy atom. The minimum Gasteiger partial charge on any atom is -0.494 e. The zero-order valence-electron chi connectivity index (χ0n) is 14.5. The lowest BCUT2D eigenvalue weighted by atomic mass is 10.2. The lowest BCUT2D eigenvalue weighted by Crippen LogP contribution is -2.40. The number of rotatable bonds is 8. The number of aliphatic imine (C=N–C) groups is 1. The minimum absolute atomic E-state index is 0.365. The van der Waals surface area contributed by atoms with Gasteiger partial charge in [-0.15, -0.1) is 0 Å². The summed E-state index contributed by atoms with van der Waals surface area (Å²) in [6, 6.07) is 8.56.